The lowest BCUT2D eigenvalue weighted by molar-refractivity contribution is -0.127. The van der Waals surface area contributed by atoms with Gasteiger partial charge in [-0.1, -0.05) is 42.5 Å². The highest BCUT2D eigenvalue weighted by Gasteiger charge is 2.30. The van der Waals surface area contributed by atoms with Gasteiger partial charge in [0, 0.05) is 30.6 Å². The van der Waals surface area contributed by atoms with Gasteiger partial charge in [-0.3, -0.25) is 14.7 Å². The van der Waals surface area contributed by atoms with Crippen LogP contribution in [0.2, 0.25) is 0 Å². The number of amides is 2. The van der Waals surface area contributed by atoms with Gasteiger partial charge in [0.05, 0.1) is 6.04 Å². The minimum absolute atomic E-state index is 0.0851. The second-order valence-electron chi connectivity index (χ2n) is 6.86. The van der Waals surface area contributed by atoms with Crippen molar-refractivity contribution in [1.29, 1.82) is 0 Å². The summed E-state index contributed by atoms with van der Waals surface area (Å²) in [6.45, 7) is 1.22. The number of carbonyl (C=O) groups excluding carboxylic acids is 2. The third kappa shape index (κ3) is 4.09. The van der Waals surface area contributed by atoms with E-state index in [0.717, 1.165) is 12.0 Å². The van der Waals surface area contributed by atoms with E-state index in [1.807, 2.05) is 35.2 Å². The van der Waals surface area contributed by atoms with E-state index < -0.39 is 0 Å². The molecule has 28 heavy (non-hydrogen) atoms. The second kappa shape index (κ2) is 8.04. The van der Waals surface area contributed by atoms with Crippen molar-refractivity contribution in [3.63, 3.8) is 0 Å². The Morgan fingerprint density at radius 1 is 1.14 bits per heavy atom. The molecule has 7 heteroatoms. The van der Waals surface area contributed by atoms with Gasteiger partial charge in [-0.2, -0.15) is 5.10 Å². The molecule has 7 nitrogen and oxygen atoms in total. The van der Waals surface area contributed by atoms with Gasteiger partial charge in [0.15, 0.2) is 5.82 Å². The zero-order valence-electron chi connectivity index (χ0n) is 15.3. The number of hydrogen-bond donors (Lipinski definition) is 2. The maximum Gasteiger partial charge on any atom is 0.251 e. The van der Waals surface area contributed by atoms with Crippen LogP contribution >= 0.6 is 0 Å². The number of nitrogens with one attached hydrogen (secondary N) is 2. The lowest BCUT2D eigenvalue weighted by atomic mass is 10.1. The molecule has 142 valence electrons. The quantitative estimate of drug-likeness (QED) is 0.690. The van der Waals surface area contributed by atoms with E-state index in [1.165, 1.54) is 11.9 Å². The Labute approximate surface area is 162 Å². The van der Waals surface area contributed by atoms with Gasteiger partial charge in [0.1, 0.15) is 6.33 Å². The molecule has 4 rings (SSSR count). The van der Waals surface area contributed by atoms with Gasteiger partial charge in [-0.25, -0.2) is 4.98 Å². The largest absolute Gasteiger partial charge is 0.347 e. The predicted molar refractivity (Wildman–Crippen MR) is 104 cm³/mol. The highest BCUT2D eigenvalue weighted by molar-refractivity contribution is 5.95. The normalized spacial score (nSPS) is 16.4. The summed E-state index contributed by atoms with van der Waals surface area (Å²) in [6, 6.07) is 17.1. The van der Waals surface area contributed by atoms with Crippen LogP contribution in [0.5, 0.6) is 0 Å². The Hall–Kier alpha value is -3.48. The lowest BCUT2D eigenvalue weighted by Crippen LogP contribution is -2.37. The number of H-pyrrole nitrogens is 1. The zero-order chi connectivity index (χ0) is 19.3. The number of rotatable bonds is 6. The van der Waals surface area contributed by atoms with Crippen LogP contribution in [-0.4, -0.2) is 51.0 Å². The zero-order valence-corrected chi connectivity index (χ0v) is 15.3. The van der Waals surface area contributed by atoms with Crippen molar-refractivity contribution in [2.75, 3.05) is 13.1 Å². The molecule has 0 spiro atoms. The number of nitrogens with zero attached hydrogens (tertiary/aromatic N) is 3. The Bertz CT molecular complexity index is 939. The molecular weight excluding hydrogens is 354 g/mol. The number of hydrogen-bond acceptors (Lipinski definition) is 4. The molecule has 2 N–H and O–H groups in total. The summed E-state index contributed by atoms with van der Waals surface area (Å²) in [5.41, 5.74) is 2.62. The molecule has 1 aliphatic rings. The van der Waals surface area contributed by atoms with E-state index >= 15 is 0 Å². The SMILES string of the molecule is O=C(N[C@@H]1CC(=O)N(CCc2ccccc2)C1)c1ccc(-c2ncn[nH]2)cc1. The maximum absolute atomic E-state index is 12.5. The van der Waals surface area contributed by atoms with Crippen LogP contribution < -0.4 is 5.32 Å². The average Bonchev–Trinajstić information content (AvgIpc) is 3.37. The summed E-state index contributed by atoms with van der Waals surface area (Å²) in [7, 11) is 0. The topological polar surface area (TPSA) is 91.0 Å². The molecule has 2 aromatic carbocycles. The Morgan fingerprint density at radius 2 is 1.93 bits per heavy atom. The minimum atomic E-state index is -0.174. The molecule has 0 aliphatic carbocycles. The smallest absolute Gasteiger partial charge is 0.251 e. The van der Waals surface area contributed by atoms with E-state index in [4.69, 9.17) is 0 Å². The summed E-state index contributed by atoms with van der Waals surface area (Å²) < 4.78 is 0. The number of aromatic amines is 1. The third-order valence-corrected chi connectivity index (χ3v) is 4.90. The van der Waals surface area contributed by atoms with Crippen LogP contribution in [0, 0.1) is 0 Å². The van der Waals surface area contributed by atoms with E-state index in [-0.39, 0.29) is 17.9 Å². The van der Waals surface area contributed by atoms with E-state index in [9.17, 15) is 9.59 Å². The number of likely N-dealkylation sites (tertiary alicyclic amines) is 1. The van der Waals surface area contributed by atoms with E-state index in [0.29, 0.717) is 30.9 Å². The number of carbonyl (C=O) groups is 2. The summed E-state index contributed by atoms with van der Waals surface area (Å²) in [4.78, 5) is 30.7. The third-order valence-electron chi connectivity index (χ3n) is 4.90. The molecule has 2 amide bonds. The summed E-state index contributed by atoms with van der Waals surface area (Å²) >= 11 is 0. The maximum atomic E-state index is 12.5. The molecule has 1 saturated heterocycles. The van der Waals surface area contributed by atoms with Crippen molar-refractivity contribution < 1.29 is 9.59 Å². The lowest BCUT2D eigenvalue weighted by Gasteiger charge is -2.17. The summed E-state index contributed by atoms with van der Waals surface area (Å²) in [5.74, 6) is 0.566. The first-order valence-corrected chi connectivity index (χ1v) is 9.27. The van der Waals surface area contributed by atoms with Crippen LogP contribution in [-0.2, 0) is 11.2 Å². The second-order valence-corrected chi connectivity index (χ2v) is 6.86. The standard InChI is InChI=1S/C21H21N5O2/c27-19-12-18(13-26(19)11-10-15-4-2-1-3-5-15)24-21(28)17-8-6-16(7-9-17)20-22-14-23-25-20/h1-9,14,18H,10-13H2,(H,24,28)(H,22,23,25)/t18-/m1/s1. The molecule has 1 aromatic heterocycles. The summed E-state index contributed by atoms with van der Waals surface area (Å²) in [5, 5.41) is 9.58. The van der Waals surface area contributed by atoms with Crippen LogP contribution in [0.1, 0.15) is 22.3 Å². The summed E-state index contributed by atoms with van der Waals surface area (Å²) in [6.07, 6.45) is 2.60. The number of aromatic nitrogens is 3. The number of benzene rings is 2. The van der Waals surface area contributed by atoms with Crippen molar-refractivity contribution in [2.45, 2.75) is 18.9 Å². The van der Waals surface area contributed by atoms with Gasteiger partial charge in [-0.05, 0) is 24.1 Å². The monoisotopic (exact) mass is 375 g/mol. The van der Waals surface area contributed by atoms with Crippen molar-refractivity contribution in [3.8, 4) is 11.4 Å². The van der Waals surface area contributed by atoms with Gasteiger partial charge >= 0.3 is 0 Å². The van der Waals surface area contributed by atoms with Crippen LogP contribution in [0.3, 0.4) is 0 Å². The molecule has 1 aliphatic heterocycles. The molecular formula is C21H21N5O2. The molecule has 2 heterocycles. The molecule has 0 unspecified atom stereocenters. The van der Waals surface area contributed by atoms with Gasteiger partial charge in [0.25, 0.3) is 5.91 Å². The first kappa shape index (κ1) is 17.9. The van der Waals surface area contributed by atoms with Crippen molar-refractivity contribution in [1.82, 2.24) is 25.4 Å². The average molecular weight is 375 g/mol. The fourth-order valence-electron chi connectivity index (χ4n) is 3.39. The van der Waals surface area contributed by atoms with Crippen molar-refractivity contribution in [2.24, 2.45) is 0 Å². The van der Waals surface area contributed by atoms with Gasteiger partial charge in [-0.15, -0.1) is 0 Å². The predicted octanol–water partition coefficient (Wildman–Crippen LogP) is 2.05. The van der Waals surface area contributed by atoms with Crippen molar-refractivity contribution in [3.05, 3.63) is 72.1 Å². The van der Waals surface area contributed by atoms with Crippen molar-refractivity contribution >= 4 is 11.8 Å². The van der Waals surface area contributed by atoms with Crippen LogP contribution in [0.25, 0.3) is 11.4 Å². The minimum Gasteiger partial charge on any atom is -0.347 e. The Balaban J connectivity index is 1.31. The fourth-order valence-corrected chi connectivity index (χ4v) is 3.39. The molecule has 0 radical (unpaired) electrons. The Kier molecular flexibility index (Phi) is 5.14. The van der Waals surface area contributed by atoms with E-state index in [1.54, 1.807) is 12.1 Å². The fraction of sp³-hybridized carbons (Fsp3) is 0.238. The molecule has 1 fully saturated rings. The first-order chi connectivity index (χ1) is 13.7. The van der Waals surface area contributed by atoms with Crippen LogP contribution in [0.15, 0.2) is 60.9 Å². The van der Waals surface area contributed by atoms with Gasteiger partial charge in [0.2, 0.25) is 5.91 Å². The van der Waals surface area contributed by atoms with Gasteiger partial charge < -0.3 is 10.2 Å². The molecule has 3 aromatic rings. The molecule has 1 atom stereocenters. The molecule has 0 saturated carbocycles. The Morgan fingerprint density at radius 3 is 2.64 bits per heavy atom. The highest BCUT2D eigenvalue weighted by Crippen LogP contribution is 2.16. The molecule has 0 bridgehead atoms. The van der Waals surface area contributed by atoms with Crippen LogP contribution in [0.4, 0.5) is 0 Å². The first-order valence-electron chi connectivity index (χ1n) is 9.27. The van der Waals surface area contributed by atoms with E-state index in [2.05, 4.69) is 32.6 Å². The highest BCUT2D eigenvalue weighted by atomic mass is 16.2.